The first-order chi connectivity index (χ1) is 10.8. The van der Waals surface area contributed by atoms with Crippen molar-refractivity contribution >= 4 is 0 Å². The van der Waals surface area contributed by atoms with Crippen LogP contribution in [0.3, 0.4) is 0 Å². The van der Waals surface area contributed by atoms with Crippen molar-refractivity contribution in [3.63, 3.8) is 0 Å². The van der Waals surface area contributed by atoms with E-state index in [-0.39, 0.29) is 18.2 Å². The second kappa shape index (κ2) is 6.39. The first-order valence-electron chi connectivity index (χ1n) is 6.96. The van der Waals surface area contributed by atoms with Crippen LogP contribution >= 0.6 is 0 Å². The summed E-state index contributed by atoms with van der Waals surface area (Å²) in [7, 11) is 0. The van der Waals surface area contributed by atoms with Gasteiger partial charge in [-0.3, -0.25) is 0 Å². The number of halogens is 2. The normalized spacial score (nSPS) is 10.5. The maximum absolute atomic E-state index is 14.0. The van der Waals surface area contributed by atoms with Crippen LogP contribution in [0.2, 0.25) is 0 Å². The van der Waals surface area contributed by atoms with Crippen LogP contribution in [0, 0.1) is 11.6 Å². The number of hydrogen-bond donors (Lipinski definition) is 0. The van der Waals surface area contributed by atoms with Crippen LogP contribution in [-0.2, 0) is 6.61 Å². The zero-order valence-corrected chi connectivity index (χ0v) is 11.8. The third-order valence-corrected chi connectivity index (χ3v) is 3.39. The van der Waals surface area contributed by atoms with Gasteiger partial charge in [0.15, 0.2) is 0 Å². The van der Waals surface area contributed by atoms with Crippen molar-refractivity contribution in [1.29, 1.82) is 0 Å². The molecule has 0 aliphatic carbocycles. The third kappa shape index (κ3) is 2.98. The quantitative estimate of drug-likeness (QED) is 0.642. The summed E-state index contributed by atoms with van der Waals surface area (Å²) < 4.78 is 33.3. The van der Waals surface area contributed by atoms with Crippen molar-refractivity contribution in [2.24, 2.45) is 0 Å². The lowest BCUT2D eigenvalue weighted by Crippen LogP contribution is -1.99. The summed E-state index contributed by atoms with van der Waals surface area (Å²) >= 11 is 0. The highest BCUT2D eigenvalue weighted by Crippen LogP contribution is 2.32. The topological polar surface area (TPSA) is 9.23 Å². The molecule has 0 spiro atoms. The second-order valence-corrected chi connectivity index (χ2v) is 4.86. The smallest absolute Gasteiger partial charge is 0.131 e. The molecule has 0 saturated heterocycles. The molecule has 3 heteroatoms. The molecule has 0 radical (unpaired) electrons. The van der Waals surface area contributed by atoms with E-state index < -0.39 is 0 Å². The summed E-state index contributed by atoms with van der Waals surface area (Å²) in [5.74, 6) is -0.105. The molecule has 3 rings (SSSR count). The molecule has 0 fully saturated rings. The standard InChI is InChI=1S/C19H14F2O/c20-17-10-4-1-7-14(17)13-22-19-12-6-3-9-16(19)15-8-2-5-11-18(15)21/h1-12H,13H2. The zero-order valence-electron chi connectivity index (χ0n) is 11.8. The molecule has 110 valence electrons. The molecule has 0 aromatic heterocycles. The number of ether oxygens (including phenoxy) is 1. The van der Waals surface area contributed by atoms with Gasteiger partial charge in [0.05, 0.1) is 0 Å². The minimum absolute atomic E-state index is 0.0954. The Balaban J connectivity index is 1.89. The molecular formula is C19H14F2O. The minimum atomic E-state index is -0.315. The van der Waals surface area contributed by atoms with Gasteiger partial charge in [-0.1, -0.05) is 54.6 Å². The molecule has 0 amide bonds. The van der Waals surface area contributed by atoms with Gasteiger partial charge in [0, 0.05) is 16.7 Å². The van der Waals surface area contributed by atoms with Crippen LogP contribution in [0.15, 0.2) is 72.8 Å². The molecule has 3 aromatic carbocycles. The lowest BCUT2D eigenvalue weighted by molar-refractivity contribution is 0.301. The first-order valence-corrected chi connectivity index (χ1v) is 6.96. The largest absolute Gasteiger partial charge is 0.488 e. The number of para-hydroxylation sites is 1. The van der Waals surface area contributed by atoms with E-state index in [4.69, 9.17) is 4.74 Å². The van der Waals surface area contributed by atoms with Gasteiger partial charge in [-0.15, -0.1) is 0 Å². The molecule has 0 atom stereocenters. The van der Waals surface area contributed by atoms with Crippen LogP contribution in [0.25, 0.3) is 11.1 Å². The van der Waals surface area contributed by atoms with Crippen molar-refractivity contribution in [1.82, 2.24) is 0 Å². The number of rotatable bonds is 4. The summed E-state index contributed by atoms with van der Waals surface area (Å²) in [5.41, 5.74) is 1.58. The Bertz CT molecular complexity index is 784. The van der Waals surface area contributed by atoms with E-state index in [1.807, 2.05) is 6.07 Å². The molecule has 0 N–H and O–H groups in total. The first kappa shape index (κ1) is 14.3. The van der Waals surface area contributed by atoms with Crippen LogP contribution < -0.4 is 4.74 Å². The average molecular weight is 296 g/mol. The van der Waals surface area contributed by atoms with Crippen LogP contribution in [-0.4, -0.2) is 0 Å². The zero-order chi connectivity index (χ0) is 15.4. The van der Waals surface area contributed by atoms with E-state index in [1.165, 1.54) is 12.1 Å². The Morgan fingerprint density at radius 1 is 0.636 bits per heavy atom. The molecule has 1 nitrogen and oxygen atoms in total. The van der Waals surface area contributed by atoms with Gasteiger partial charge in [-0.25, -0.2) is 8.78 Å². The van der Waals surface area contributed by atoms with Crippen LogP contribution in [0.5, 0.6) is 5.75 Å². The fourth-order valence-corrected chi connectivity index (χ4v) is 2.27. The van der Waals surface area contributed by atoms with Gasteiger partial charge in [0.25, 0.3) is 0 Å². The summed E-state index contributed by atoms with van der Waals surface area (Å²) in [6, 6.07) is 20.1. The molecule has 0 bridgehead atoms. The molecule has 0 aliphatic rings. The van der Waals surface area contributed by atoms with Crippen molar-refractivity contribution in [2.45, 2.75) is 6.61 Å². The van der Waals surface area contributed by atoms with Gasteiger partial charge in [-0.05, 0) is 18.2 Å². The SMILES string of the molecule is Fc1ccccc1COc1ccccc1-c1ccccc1F. The van der Waals surface area contributed by atoms with E-state index in [1.54, 1.807) is 54.6 Å². The minimum Gasteiger partial charge on any atom is -0.488 e. The van der Waals surface area contributed by atoms with Gasteiger partial charge < -0.3 is 4.74 Å². The fraction of sp³-hybridized carbons (Fsp3) is 0.0526. The van der Waals surface area contributed by atoms with Crippen LogP contribution in [0.1, 0.15) is 5.56 Å². The second-order valence-electron chi connectivity index (χ2n) is 4.86. The van der Waals surface area contributed by atoms with Gasteiger partial charge in [0.1, 0.15) is 24.0 Å². The van der Waals surface area contributed by atoms with E-state index in [2.05, 4.69) is 0 Å². The van der Waals surface area contributed by atoms with Crippen molar-refractivity contribution in [3.05, 3.63) is 90.0 Å². The van der Waals surface area contributed by atoms with Gasteiger partial charge in [-0.2, -0.15) is 0 Å². The fourth-order valence-electron chi connectivity index (χ4n) is 2.27. The maximum atomic E-state index is 14.0. The lowest BCUT2D eigenvalue weighted by atomic mass is 10.0. The molecule has 0 unspecified atom stereocenters. The van der Waals surface area contributed by atoms with Crippen LogP contribution in [0.4, 0.5) is 8.78 Å². The Morgan fingerprint density at radius 3 is 1.95 bits per heavy atom. The van der Waals surface area contributed by atoms with E-state index in [0.717, 1.165) is 0 Å². The Kier molecular flexibility index (Phi) is 4.15. The Hall–Kier alpha value is -2.68. The highest BCUT2D eigenvalue weighted by molar-refractivity contribution is 5.70. The molecule has 0 aliphatic heterocycles. The molecule has 0 saturated carbocycles. The molecule has 3 aromatic rings. The number of benzene rings is 3. The highest BCUT2D eigenvalue weighted by atomic mass is 19.1. The van der Waals surface area contributed by atoms with E-state index in [9.17, 15) is 8.78 Å². The van der Waals surface area contributed by atoms with Gasteiger partial charge >= 0.3 is 0 Å². The average Bonchev–Trinajstić information content (AvgIpc) is 2.55. The predicted molar refractivity (Wildman–Crippen MR) is 82.6 cm³/mol. The summed E-state index contributed by atoms with van der Waals surface area (Å²) in [4.78, 5) is 0. The molecule has 22 heavy (non-hydrogen) atoms. The van der Waals surface area contributed by atoms with Crippen molar-refractivity contribution in [3.8, 4) is 16.9 Å². The lowest BCUT2D eigenvalue weighted by Gasteiger charge is -2.12. The van der Waals surface area contributed by atoms with Gasteiger partial charge in [0.2, 0.25) is 0 Å². The molecular weight excluding hydrogens is 282 g/mol. The third-order valence-electron chi connectivity index (χ3n) is 3.39. The summed E-state index contributed by atoms with van der Waals surface area (Å²) in [6.45, 7) is 0.0954. The van der Waals surface area contributed by atoms with Crippen molar-refractivity contribution in [2.75, 3.05) is 0 Å². The predicted octanol–water partition coefficient (Wildman–Crippen LogP) is 5.21. The summed E-state index contributed by atoms with van der Waals surface area (Å²) in [6.07, 6.45) is 0. The highest BCUT2D eigenvalue weighted by Gasteiger charge is 2.10. The maximum Gasteiger partial charge on any atom is 0.131 e. The number of hydrogen-bond acceptors (Lipinski definition) is 1. The molecule has 0 heterocycles. The van der Waals surface area contributed by atoms with E-state index in [0.29, 0.717) is 22.4 Å². The van der Waals surface area contributed by atoms with E-state index >= 15 is 0 Å². The summed E-state index contributed by atoms with van der Waals surface area (Å²) in [5, 5.41) is 0. The Labute approximate surface area is 127 Å². The monoisotopic (exact) mass is 296 g/mol. The van der Waals surface area contributed by atoms with Crippen molar-refractivity contribution < 1.29 is 13.5 Å². The Morgan fingerprint density at radius 2 is 1.23 bits per heavy atom.